The Morgan fingerprint density at radius 1 is 1.28 bits per heavy atom. The summed E-state index contributed by atoms with van der Waals surface area (Å²) in [4.78, 5) is 16.8. The Balaban J connectivity index is 2.35. The molecule has 1 aromatic carbocycles. The molecule has 1 aromatic heterocycles. The minimum atomic E-state index is -0.159. The molecule has 0 bridgehead atoms. The summed E-state index contributed by atoms with van der Waals surface area (Å²) in [6.07, 6.45) is 2.53. The molecule has 0 spiro atoms. The van der Waals surface area contributed by atoms with Crippen LogP contribution in [0, 0.1) is 13.8 Å². The first-order chi connectivity index (χ1) is 8.65. The molecule has 3 nitrogen and oxygen atoms in total. The van der Waals surface area contributed by atoms with E-state index in [4.69, 9.17) is 0 Å². The van der Waals surface area contributed by atoms with Crippen LogP contribution in [-0.4, -0.2) is 15.3 Å². The van der Waals surface area contributed by atoms with Crippen molar-refractivity contribution in [1.82, 2.24) is 9.55 Å². The average molecular weight is 242 g/mol. The lowest BCUT2D eigenvalue weighted by molar-refractivity contribution is 0.0921. The quantitative estimate of drug-likeness (QED) is 0.771. The van der Waals surface area contributed by atoms with Gasteiger partial charge in [-0.15, -0.1) is 0 Å². The highest BCUT2D eigenvalue weighted by atomic mass is 16.1. The molecule has 0 radical (unpaired) electrons. The number of carbonyl (C=O) groups is 1. The Hall–Kier alpha value is -1.90. The first kappa shape index (κ1) is 12.6. The van der Waals surface area contributed by atoms with Crippen LogP contribution in [0.4, 0.5) is 0 Å². The molecule has 3 heteroatoms. The molecule has 0 aliphatic rings. The van der Waals surface area contributed by atoms with Gasteiger partial charge in [0.15, 0.2) is 5.78 Å². The molecule has 0 saturated heterocycles. The number of aromatic nitrogens is 2. The number of ketones is 1. The predicted octanol–water partition coefficient (Wildman–Crippen LogP) is 3.33. The maximum Gasteiger partial charge on any atom is 0.185 e. The van der Waals surface area contributed by atoms with E-state index in [-0.39, 0.29) is 11.8 Å². The first-order valence-electron chi connectivity index (χ1n) is 6.24. The number of imidazole rings is 1. The normalized spacial score (nSPS) is 12.4. The lowest BCUT2D eigenvalue weighted by Gasteiger charge is -2.17. The molecular formula is C15H18N2O. The summed E-state index contributed by atoms with van der Waals surface area (Å²) in [5.74, 6) is 0.151. The van der Waals surface area contributed by atoms with Gasteiger partial charge in [0.2, 0.25) is 0 Å². The smallest absolute Gasteiger partial charge is 0.185 e. The number of Topliss-reactive ketones (excluding diaryl/α,β-unsaturated/α-hetero) is 1. The topological polar surface area (TPSA) is 34.9 Å². The van der Waals surface area contributed by atoms with Gasteiger partial charge in [-0.2, -0.15) is 0 Å². The van der Waals surface area contributed by atoms with E-state index in [1.807, 2.05) is 55.7 Å². The molecule has 94 valence electrons. The molecule has 2 aromatic rings. The van der Waals surface area contributed by atoms with Crippen molar-refractivity contribution in [3.8, 4) is 0 Å². The predicted molar refractivity (Wildman–Crippen MR) is 71.8 cm³/mol. The van der Waals surface area contributed by atoms with E-state index in [0.717, 1.165) is 23.4 Å². The Morgan fingerprint density at radius 2 is 1.94 bits per heavy atom. The fourth-order valence-electron chi connectivity index (χ4n) is 2.13. The Kier molecular flexibility index (Phi) is 3.60. The van der Waals surface area contributed by atoms with Crippen molar-refractivity contribution in [2.24, 2.45) is 0 Å². The van der Waals surface area contributed by atoms with Gasteiger partial charge < -0.3 is 4.57 Å². The first-order valence-corrected chi connectivity index (χ1v) is 6.24. The summed E-state index contributed by atoms with van der Waals surface area (Å²) in [5.41, 5.74) is 2.80. The molecule has 1 unspecified atom stereocenters. The molecule has 1 atom stereocenters. The van der Waals surface area contributed by atoms with Crippen molar-refractivity contribution < 1.29 is 4.79 Å². The van der Waals surface area contributed by atoms with Gasteiger partial charge in [0.1, 0.15) is 0 Å². The van der Waals surface area contributed by atoms with Gasteiger partial charge in [-0.25, -0.2) is 4.98 Å². The highest BCUT2D eigenvalue weighted by Gasteiger charge is 2.21. The van der Waals surface area contributed by atoms with Crippen LogP contribution in [0.3, 0.4) is 0 Å². The van der Waals surface area contributed by atoms with E-state index >= 15 is 0 Å². The second-order valence-corrected chi connectivity index (χ2v) is 4.48. The minimum absolute atomic E-state index is 0.151. The number of rotatable bonds is 4. The molecule has 0 fully saturated rings. The van der Waals surface area contributed by atoms with Crippen LogP contribution >= 0.6 is 0 Å². The molecule has 0 amide bonds. The van der Waals surface area contributed by atoms with E-state index in [2.05, 4.69) is 4.98 Å². The van der Waals surface area contributed by atoms with E-state index in [9.17, 15) is 4.79 Å². The van der Waals surface area contributed by atoms with Gasteiger partial charge in [-0.05, 0) is 20.3 Å². The standard InChI is InChI=1S/C15H18N2O/c1-4-14(17-10-16-11(2)12(17)3)15(18)13-8-6-5-7-9-13/h5-10,14H,4H2,1-3H3. The zero-order chi connectivity index (χ0) is 13.1. The van der Waals surface area contributed by atoms with Crippen molar-refractivity contribution in [3.05, 3.63) is 53.6 Å². The number of benzene rings is 1. The number of hydrogen-bond acceptors (Lipinski definition) is 2. The fourth-order valence-corrected chi connectivity index (χ4v) is 2.13. The van der Waals surface area contributed by atoms with Gasteiger partial charge in [0, 0.05) is 11.3 Å². The van der Waals surface area contributed by atoms with Gasteiger partial charge in [-0.1, -0.05) is 37.3 Å². The molecule has 0 aliphatic heterocycles. The molecule has 2 rings (SSSR count). The highest BCUT2D eigenvalue weighted by Crippen LogP contribution is 2.21. The Morgan fingerprint density at radius 3 is 2.44 bits per heavy atom. The van der Waals surface area contributed by atoms with Crippen LogP contribution in [-0.2, 0) is 0 Å². The molecule has 0 saturated carbocycles. The van der Waals surface area contributed by atoms with Crippen LogP contribution in [0.2, 0.25) is 0 Å². The third-order valence-corrected chi connectivity index (χ3v) is 3.37. The monoisotopic (exact) mass is 242 g/mol. The van der Waals surface area contributed by atoms with Crippen LogP contribution in [0.15, 0.2) is 36.7 Å². The maximum absolute atomic E-state index is 12.5. The molecule has 0 aliphatic carbocycles. The number of carbonyl (C=O) groups excluding carboxylic acids is 1. The second-order valence-electron chi connectivity index (χ2n) is 4.48. The third-order valence-electron chi connectivity index (χ3n) is 3.37. The average Bonchev–Trinajstić information content (AvgIpc) is 2.73. The zero-order valence-electron chi connectivity index (χ0n) is 11.1. The van der Waals surface area contributed by atoms with E-state index < -0.39 is 0 Å². The number of hydrogen-bond donors (Lipinski definition) is 0. The van der Waals surface area contributed by atoms with Crippen molar-refractivity contribution >= 4 is 5.78 Å². The Labute approximate surface area is 107 Å². The van der Waals surface area contributed by atoms with Gasteiger partial charge in [0.25, 0.3) is 0 Å². The van der Waals surface area contributed by atoms with Gasteiger partial charge in [0.05, 0.1) is 18.1 Å². The van der Waals surface area contributed by atoms with E-state index in [0.29, 0.717) is 0 Å². The van der Waals surface area contributed by atoms with Crippen molar-refractivity contribution in [3.63, 3.8) is 0 Å². The summed E-state index contributed by atoms with van der Waals surface area (Å²) in [6.45, 7) is 6.00. The van der Waals surface area contributed by atoms with E-state index in [1.54, 1.807) is 6.33 Å². The molecule has 0 N–H and O–H groups in total. The molecular weight excluding hydrogens is 224 g/mol. The minimum Gasteiger partial charge on any atom is -0.324 e. The fraction of sp³-hybridized carbons (Fsp3) is 0.333. The maximum atomic E-state index is 12.5. The summed E-state index contributed by atoms with van der Waals surface area (Å²) in [6, 6.07) is 9.28. The van der Waals surface area contributed by atoms with Crippen LogP contribution < -0.4 is 0 Å². The Bertz CT molecular complexity index is 543. The van der Waals surface area contributed by atoms with Crippen LogP contribution in [0.1, 0.15) is 41.1 Å². The molecule has 18 heavy (non-hydrogen) atoms. The summed E-state index contributed by atoms with van der Waals surface area (Å²) in [5, 5.41) is 0. The third kappa shape index (κ3) is 2.21. The van der Waals surface area contributed by atoms with Crippen LogP contribution in [0.25, 0.3) is 0 Å². The SMILES string of the molecule is CCC(C(=O)c1ccccc1)n1cnc(C)c1C. The van der Waals surface area contributed by atoms with Crippen molar-refractivity contribution in [2.75, 3.05) is 0 Å². The number of aryl methyl sites for hydroxylation is 1. The van der Waals surface area contributed by atoms with Gasteiger partial charge in [-0.3, -0.25) is 4.79 Å². The summed E-state index contributed by atoms with van der Waals surface area (Å²) >= 11 is 0. The van der Waals surface area contributed by atoms with E-state index in [1.165, 1.54) is 0 Å². The second kappa shape index (κ2) is 5.17. The van der Waals surface area contributed by atoms with Gasteiger partial charge >= 0.3 is 0 Å². The van der Waals surface area contributed by atoms with Crippen molar-refractivity contribution in [1.29, 1.82) is 0 Å². The highest BCUT2D eigenvalue weighted by molar-refractivity contribution is 5.99. The molecule has 1 heterocycles. The largest absolute Gasteiger partial charge is 0.324 e. The van der Waals surface area contributed by atoms with Crippen molar-refractivity contribution in [2.45, 2.75) is 33.2 Å². The summed E-state index contributed by atoms with van der Waals surface area (Å²) < 4.78 is 1.98. The lowest BCUT2D eigenvalue weighted by Crippen LogP contribution is -2.19. The summed E-state index contributed by atoms with van der Waals surface area (Å²) in [7, 11) is 0. The lowest BCUT2D eigenvalue weighted by atomic mass is 10.0. The zero-order valence-corrected chi connectivity index (χ0v) is 11.1. The van der Waals surface area contributed by atoms with Crippen LogP contribution in [0.5, 0.6) is 0 Å². The number of nitrogens with zero attached hydrogens (tertiary/aromatic N) is 2.